The van der Waals surface area contributed by atoms with Gasteiger partial charge in [-0.2, -0.15) is 0 Å². The maximum Gasteiger partial charge on any atom is 0.410 e. The molecule has 0 spiro atoms. The Morgan fingerprint density at radius 3 is 2.69 bits per heavy atom. The van der Waals surface area contributed by atoms with Crippen molar-refractivity contribution in [2.24, 2.45) is 5.92 Å². The van der Waals surface area contributed by atoms with E-state index in [1.54, 1.807) is 4.90 Å². The molecule has 3 atom stereocenters. The number of ether oxygens (including phenoxy) is 1. The van der Waals surface area contributed by atoms with Crippen LogP contribution in [0.2, 0.25) is 0 Å². The van der Waals surface area contributed by atoms with Crippen molar-refractivity contribution in [1.29, 1.82) is 0 Å². The van der Waals surface area contributed by atoms with Crippen LogP contribution >= 0.6 is 0 Å². The number of hydrogen-bond acceptors (Lipinski definition) is 3. The smallest absolute Gasteiger partial charge is 0.410 e. The fraction of sp³-hybridized carbons (Fsp3) is 0.917. The Hall–Kier alpha value is -0.770. The van der Waals surface area contributed by atoms with Crippen LogP contribution in [0.15, 0.2) is 0 Å². The molecule has 2 rings (SSSR count). The van der Waals surface area contributed by atoms with Crippen molar-refractivity contribution in [3.05, 3.63) is 0 Å². The van der Waals surface area contributed by atoms with Crippen molar-refractivity contribution in [2.75, 3.05) is 6.54 Å². The number of likely N-dealkylation sites (tertiary alicyclic amines) is 1. The number of aliphatic hydroxyl groups is 1. The highest BCUT2D eigenvalue weighted by Crippen LogP contribution is 2.39. The van der Waals surface area contributed by atoms with Gasteiger partial charge in [-0.3, -0.25) is 0 Å². The SMILES string of the molecule is CC(C)(C)OC(=O)N1CCC[C@H]2CC(O)[C@H]21. The minimum atomic E-state index is -0.460. The first-order chi connectivity index (χ1) is 7.38. The van der Waals surface area contributed by atoms with E-state index >= 15 is 0 Å². The average molecular weight is 227 g/mol. The summed E-state index contributed by atoms with van der Waals surface area (Å²) in [4.78, 5) is 13.7. The quantitative estimate of drug-likeness (QED) is 0.686. The molecule has 0 bridgehead atoms. The third kappa shape index (κ3) is 2.17. The molecule has 1 saturated carbocycles. The van der Waals surface area contributed by atoms with Crippen molar-refractivity contribution < 1.29 is 14.6 Å². The fourth-order valence-electron chi connectivity index (χ4n) is 2.66. The minimum Gasteiger partial charge on any atom is -0.444 e. The Bertz CT molecular complexity index is 282. The summed E-state index contributed by atoms with van der Waals surface area (Å²) >= 11 is 0. The topological polar surface area (TPSA) is 49.8 Å². The Morgan fingerprint density at radius 2 is 2.12 bits per heavy atom. The third-order valence-electron chi connectivity index (χ3n) is 3.38. The van der Waals surface area contributed by atoms with Gasteiger partial charge in [0.2, 0.25) is 0 Å². The number of nitrogens with zero attached hydrogens (tertiary/aromatic N) is 1. The van der Waals surface area contributed by atoms with Crippen LogP contribution < -0.4 is 0 Å². The largest absolute Gasteiger partial charge is 0.444 e. The van der Waals surface area contributed by atoms with E-state index in [-0.39, 0.29) is 18.2 Å². The van der Waals surface area contributed by atoms with Gasteiger partial charge in [-0.15, -0.1) is 0 Å². The van der Waals surface area contributed by atoms with Crippen molar-refractivity contribution in [3.63, 3.8) is 0 Å². The third-order valence-corrected chi connectivity index (χ3v) is 3.38. The number of fused-ring (bicyclic) bond motifs is 1. The first-order valence-electron chi connectivity index (χ1n) is 6.06. The number of hydrogen-bond donors (Lipinski definition) is 1. The van der Waals surface area contributed by atoms with Crippen LogP contribution in [0.25, 0.3) is 0 Å². The summed E-state index contributed by atoms with van der Waals surface area (Å²) in [7, 11) is 0. The lowest BCUT2D eigenvalue weighted by Gasteiger charge is -2.51. The van der Waals surface area contributed by atoms with Crippen molar-refractivity contribution in [3.8, 4) is 0 Å². The summed E-state index contributed by atoms with van der Waals surface area (Å²) in [5.74, 6) is 0.483. The number of aliphatic hydroxyl groups excluding tert-OH is 1. The van der Waals surface area contributed by atoms with Gasteiger partial charge in [0.15, 0.2) is 0 Å². The van der Waals surface area contributed by atoms with Crippen LogP contribution in [-0.4, -0.2) is 40.4 Å². The molecule has 1 aliphatic heterocycles. The Morgan fingerprint density at radius 1 is 1.44 bits per heavy atom. The Balaban J connectivity index is 2.00. The predicted molar refractivity (Wildman–Crippen MR) is 60.1 cm³/mol. The van der Waals surface area contributed by atoms with Crippen LogP contribution in [0, 0.1) is 5.92 Å². The van der Waals surface area contributed by atoms with Crippen LogP contribution in [-0.2, 0) is 4.74 Å². The van der Waals surface area contributed by atoms with E-state index in [2.05, 4.69) is 0 Å². The van der Waals surface area contributed by atoms with Crippen molar-refractivity contribution >= 4 is 6.09 Å². The molecule has 1 aliphatic carbocycles. The summed E-state index contributed by atoms with van der Waals surface area (Å²) in [6.45, 7) is 6.31. The monoisotopic (exact) mass is 227 g/mol. The zero-order valence-corrected chi connectivity index (χ0v) is 10.3. The van der Waals surface area contributed by atoms with Crippen LogP contribution in [0.5, 0.6) is 0 Å². The molecule has 1 N–H and O–H groups in total. The van der Waals surface area contributed by atoms with Gasteiger partial charge in [0.05, 0.1) is 12.1 Å². The molecule has 1 heterocycles. The average Bonchev–Trinajstić information content (AvgIpc) is 2.12. The highest BCUT2D eigenvalue weighted by atomic mass is 16.6. The van der Waals surface area contributed by atoms with Gasteiger partial charge in [0.1, 0.15) is 5.60 Å². The summed E-state index contributed by atoms with van der Waals surface area (Å²) in [5, 5.41) is 9.71. The molecule has 0 aromatic rings. The van der Waals surface area contributed by atoms with E-state index in [9.17, 15) is 9.90 Å². The highest BCUT2D eigenvalue weighted by molar-refractivity contribution is 5.69. The maximum absolute atomic E-state index is 11.9. The van der Waals surface area contributed by atoms with E-state index in [1.165, 1.54) is 0 Å². The van der Waals surface area contributed by atoms with E-state index < -0.39 is 5.60 Å². The van der Waals surface area contributed by atoms with E-state index in [0.717, 1.165) is 19.3 Å². The Labute approximate surface area is 96.6 Å². The zero-order valence-electron chi connectivity index (χ0n) is 10.3. The molecule has 92 valence electrons. The second-order valence-corrected chi connectivity index (χ2v) is 5.87. The molecule has 2 aliphatic rings. The molecular formula is C12H21NO3. The molecule has 0 radical (unpaired) electrons. The van der Waals surface area contributed by atoms with Gasteiger partial charge >= 0.3 is 6.09 Å². The van der Waals surface area contributed by atoms with Crippen molar-refractivity contribution in [2.45, 2.75) is 57.8 Å². The molecule has 0 aromatic heterocycles. The van der Waals surface area contributed by atoms with Gasteiger partial charge < -0.3 is 14.7 Å². The predicted octanol–water partition coefficient (Wildman–Crippen LogP) is 1.77. The molecule has 4 heteroatoms. The number of amides is 1. The lowest BCUT2D eigenvalue weighted by molar-refractivity contribution is -0.0933. The van der Waals surface area contributed by atoms with Crippen molar-refractivity contribution in [1.82, 2.24) is 4.90 Å². The summed E-state index contributed by atoms with van der Waals surface area (Å²) in [5.41, 5.74) is -0.460. The maximum atomic E-state index is 11.9. The molecular weight excluding hydrogens is 206 g/mol. The lowest BCUT2D eigenvalue weighted by atomic mass is 9.71. The lowest BCUT2D eigenvalue weighted by Crippen LogP contribution is -2.62. The molecule has 2 fully saturated rings. The van der Waals surface area contributed by atoms with Gasteiger partial charge in [0, 0.05) is 6.54 Å². The first kappa shape index (κ1) is 11.7. The van der Waals surface area contributed by atoms with E-state index in [1.807, 2.05) is 20.8 Å². The fourth-order valence-corrected chi connectivity index (χ4v) is 2.66. The van der Waals surface area contributed by atoms with Crippen LogP contribution in [0.4, 0.5) is 4.79 Å². The number of carbonyl (C=O) groups is 1. The highest BCUT2D eigenvalue weighted by Gasteiger charge is 2.48. The van der Waals surface area contributed by atoms with Crippen LogP contribution in [0.3, 0.4) is 0 Å². The summed E-state index contributed by atoms with van der Waals surface area (Å²) < 4.78 is 5.35. The molecule has 4 nitrogen and oxygen atoms in total. The van der Waals surface area contributed by atoms with Gasteiger partial charge in [0.25, 0.3) is 0 Å². The normalized spacial score (nSPS) is 34.0. The van der Waals surface area contributed by atoms with E-state index in [0.29, 0.717) is 12.5 Å². The van der Waals surface area contributed by atoms with Gasteiger partial charge in [-0.1, -0.05) is 0 Å². The molecule has 1 unspecified atom stereocenters. The van der Waals surface area contributed by atoms with Gasteiger partial charge in [-0.25, -0.2) is 4.79 Å². The molecule has 1 saturated heterocycles. The first-order valence-corrected chi connectivity index (χ1v) is 6.06. The second kappa shape index (κ2) is 3.91. The van der Waals surface area contributed by atoms with Gasteiger partial charge in [-0.05, 0) is 46.0 Å². The second-order valence-electron chi connectivity index (χ2n) is 5.87. The number of rotatable bonds is 0. The zero-order chi connectivity index (χ0) is 11.9. The van der Waals surface area contributed by atoms with E-state index in [4.69, 9.17) is 4.74 Å². The minimum absolute atomic E-state index is 0.00333. The van der Waals surface area contributed by atoms with Crippen LogP contribution in [0.1, 0.15) is 40.0 Å². The summed E-state index contributed by atoms with van der Waals surface area (Å²) in [6, 6.07) is 0.00333. The molecule has 0 aromatic carbocycles. The summed E-state index contributed by atoms with van der Waals surface area (Å²) in [6.07, 6.45) is 2.36. The standard InChI is InChI=1S/C12H21NO3/c1-12(2,3)16-11(15)13-6-4-5-8-7-9(14)10(8)13/h8-10,14H,4-7H2,1-3H3/t8-,9?,10-/m0/s1. The molecule has 16 heavy (non-hydrogen) atoms. The number of carbonyl (C=O) groups excluding carboxylic acids is 1. The molecule has 1 amide bonds. The number of piperidine rings is 1. The Kier molecular flexibility index (Phi) is 2.86.